The fourth-order valence-corrected chi connectivity index (χ4v) is 8.35. The Balaban J connectivity index is 1.52. The summed E-state index contributed by atoms with van der Waals surface area (Å²) in [6.07, 6.45) is -4.74. The van der Waals surface area contributed by atoms with Gasteiger partial charge < -0.3 is 9.13 Å². The molecule has 0 atom stereocenters. The van der Waals surface area contributed by atoms with E-state index in [-0.39, 0.29) is 16.8 Å². The molecule has 0 aliphatic carbocycles. The predicted octanol–water partition coefficient (Wildman–Crippen LogP) is 13.3. The number of benzene rings is 7. The van der Waals surface area contributed by atoms with E-state index in [2.05, 4.69) is 27.9 Å². The molecule has 2 aromatic heterocycles. The van der Waals surface area contributed by atoms with Crippen LogP contribution in [0.2, 0.25) is 0 Å². The van der Waals surface area contributed by atoms with E-state index in [0.29, 0.717) is 94.1 Å². The molecule has 9 aromatic rings. The second-order valence-electron chi connectivity index (χ2n) is 14.0. The molecule has 0 aliphatic rings. The SMILES string of the molecule is [C-]#[N+]c1ccc2c(c1)c1cc(C#N)ccc1n2-c1cccc(-c2c(C)cccc2C(F)(F)F)c1-c1c([N+]#[C-])cccc1-n1c2ccc(C#N)cc2c2cc(C#N)ccc21. The van der Waals surface area contributed by atoms with Gasteiger partial charge in [0.2, 0.25) is 0 Å². The molecule has 276 valence electrons. The van der Waals surface area contributed by atoms with Crippen molar-refractivity contribution >= 4 is 55.0 Å². The predicted molar refractivity (Wildman–Crippen MR) is 222 cm³/mol. The summed E-state index contributed by atoms with van der Waals surface area (Å²) in [4.78, 5) is 7.65. The van der Waals surface area contributed by atoms with Crippen LogP contribution in [0.15, 0.2) is 127 Å². The first kappa shape index (κ1) is 36.0. The lowest BCUT2D eigenvalue weighted by molar-refractivity contribution is -0.137. The zero-order chi connectivity index (χ0) is 41.2. The van der Waals surface area contributed by atoms with Gasteiger partial charge in [-0.3, -0.25) is 0 Å². The van der Waals surface area contributed by atoms with Crippen LogP contribution in [0.4, 0.5) is 24.5 Å². The van der Waals surface area contributed by atoms with E-state index in [4.69, 9.17) is 13.1 Å². The number of fused-ring (bicyclic) bond motifs is 6. The fraction of sp³-hybridized carbons (Fsp3) is 0.0408. The molecule has 0 aliphatic heterocycles. The van der Waals surface area contributed by atoms with Crippen molar-refractivity contribution in [2.24, 2.45) is 0 Å². The van der Waals surface area contributed by atoms with E-state index >= 15 is 13.2 Å². The Hall–Kier alpha value is -8.62. The number of halogens is 3. The van der Waals surface area contributed by atoms with Gasteiger partial charge in [-0.15, -0.1) is 0 Å². The fourth-order valence-electron chi connectivity index (χ4n) is 8.35. The Labute approximate surface area is 335 Å². The molecule has 0 N–H and O–H groups in total. The summed E-state index contributed by atoms with van der Waals surface area (Å²) in [5, 5.41) is 32.3. The number of nitriles is 3. The van der Waals surface area contributed by atoms with Gasteiger partial charge in [0.15, 0.2) is 11.4 Å². The molecule has 7 nitrogen and oxygen atoms in total. The molecule has 0 spiro atoms. The van der Waals surface area contributed by atoms with Gasteiger partial charge in [-0.1, -0.05) is 42.5 Å². The van der Waals surface area contributed by atoms with Crippen LogP contribution < -0.4 is 0 Å². The first-order chi connectivity index (χ1) is 28.6. The Morgan fingerprint density at radius 3 is 1.49 bits per heavy atom. The van der Waals surface area contributed by atoms with Crippen molar-refractivity contribution in [1.29, 1.82) is 15.8 Å². The third-order valence-corrected chi connectivity index (χ3v) is 10.8. The number of alkyl halides is 3. The molecule has 0 unspecified atom stereocenters. The molecule has 0 saturated heterocycles. The highest BCUT2D eigenvalue weighted by Gasteiger charge is 2.36. The van der Waals surface area contributed by atoms with Gasteiger partial charge in [-0.25, -0.2) is 9.69 Å². The van der Waals surface area contributed by atoms with E-state index < -0.39 is 11.7 Å². The molecule has 10 heteroatoms. The quantitative estimate of drug-likeness (QED) is 0.167. The summed E-state index contributed by atoms with van der Waals surface area (Å²) in [5.74, 6) is 0. The average molecular weight is 768 g/mol. The summed E-state index contributed by atoms with van der Waals surface area (Å²) >= 11 is 0. The van der Waals surface area contributed by atoms with Crippen LogP contribution in [0.5, 0.6) is 0 Å². The maximum atomic E-state index is 15.1. The summed E-state index contributed by atoms with van der Waals surface area (Å²) in [7, 11) is 0. The van der Waals surface area contributed by atoms with E-state index in [1.165, 1.54) is 6.07 Å². The van der Waals surface area contributed by atoms with Crippen molar-refractivity contribution < 1.29 is 13.2 Å². The van der Waals surface area contributed by atoms with Gasteiger partial charge in [0.25, 0.3) is 0 Å². The zero-order valence-electron chi connectivity index (χ0n) is 30.9. The maximum Gasteiger partial charge on any atom is 0.417 e. The van der Waals surface area contributed by atoms with E-state index in [0.717, 1.165) is 6.07 Å². The third kappa shape index (κ3) is 5.55. The highest BCUT2D eigenvalue weighted by Crippen LogP contribution is 2.51. The molecule has 7 aromatic carbocycles. The summed E-state index contributed by atoms with van der Waals surface area (Å²) in [5.41, 5.74) is 5.60. The molecular weight excluding hydrogens is 744 g/mol. The van der Waals surface area contributed by atoms with Crippen LogP contribution in [0.3, 0.4) is 0 Å². The second kappa shape index (κ2) is 13.5. The van der Waals surface area contributed by atoms with Gasteiger partial charge in [-0.05, 0) is 114 Å². The lowest BCUT2D eigenvalue weighted by Crippen LogP contribution is -2.10. The summed E-state index contributed by atoms with van der Waals surface area (Å²) < 4.78 is 49.3. The highest BCUT2D eigenvalue weighted by atomic mass is 19.4. The van der Waals surface area contributed by atoms with E-state index in [9.17, 15) is 15.8 Å². The van der Waals surface area contributed by atoms with Gasteiger partial charge >= 0.3 is 6.18 Å². The molecule has 0 fully saturated rings. The Bertz CT molecular complexity index is 3370. The lowest BCUT2D eigenvalue weighted by Gasteiger charge is -2.25. The van der Waals surface area contributed by atoms with Crippen LogP contribution >= 0.6 is 0 Å². The number of nitrogens with zero attached hydrogens (tertiary/aromatic N) is 7. The van der Waals surface area contributed by atoms with Crippen LogP contribution in [0.25, 0.3) is 86.9 Å². The minimum atomic E-state index is -4.74. The molecule has 0 saturated carbocycles. The van der Waals surface area contributed by atoms with Crippen molar-refractivity contribution in [1.82, 2.24) is 9.13 Å². The molecule has 0 radical (unpaired) electrons. The Morgan fingerprint density at radius 2 is 1.00 bits per heavy atom. The van der Waals surface area contributed by atoms with Crippen LogP contribution in [0.1, 0.15) is 27.8 Å². The lowest BCUT2D eigenvalue weighted by atomic mass is 9.86. The number of aromatic nitrogens is 2. The smallest absolute Gasteiger partial charge is 0.310 e. The number of aryl methyl sites for hydroxylation is 1. The normalized spacial score (nSPS) is 11.3. The van der Waals surface area contributed by atoms with Gasteiger partial charge in [-0.2, -0.15) is 29.0 Å². The minimum absolute atomic E-state index is 0.0510. The Kier molecular flexibility index (Phi) is 8.27. The Morgan fingerprint density at radius 1 is 0.525 bits per heavy atom. The van der Waals surface area contributed by atoms with Crippen LogP contribution in [-0.2, 0) is 6.18 Å². The number of rotatable bonds is 4. The van der Waals surface area contributed by atoms with Crippen LogP contribution in [0, 0.1) is 54.1 Å². The monoisotopic (exact) mass is 767 g/mol. The molecule has 9 rings (SSSR count). The van der Waals surface area contributed by atoms with E-state index in [1.807, 2.05) is 15.2 Å². The van der Waals surface area contributed by atoms with Crippen molar-refractivity contribution in [3.05, 3.63) is 178 Å². The number of hydrogen-bond donors (Lipinski definition) is 0. The second-order valence-corrected chi connectivity index (χ2v) is 14.0. The highest BCUT2D eigenvalue weighted by molar-refractivity contribution is 6.14. The molecule has 0 bridgehead atoms. The molecule has 0 amide bonds. The molecule has 59 heavy (non-hydrogen) atoms. The first-order valence-corrected chi connectivity index (χ1v) is 18.2. The third-order valence-electron chi connectivity index (χ3n) is 10.8. The van der Waals surface area contributed by atoms with Crippen molar-refractivity contribution in [2.45, 2.75) is 13.1 Å². The van der Waals surface area contributed by atoms with Gasteiger partial charge in [0.05, 0.1) is 81.4 Å². The topological polar surface area (TPSA) is 89.9 Å². The zero-order valence-corrected chi connectivity index (χ0v) is 30.9. The van der Waals surface area contributed by atoms with Crippen LogP contribution in [-0.4, -0.2) is 9.13 Å². The standard InChI is InChI=1S/C49H24F3N7/c1-28-7-4-9-38(49(50,51)52)46(28)33-8-5-11-44(58-42-19-15-31(27-55)23-36(42)37-24-32(56-2)16-20-43(37)58)47(33)48-39(57-3)10-6-12-45(48)59-40-17-13-29(25-53)21-34(40)35-22-30(26-54)14-18-41(35)59/h4-24H,1H3. The number of hydrogen-bond acceptors (Lipinski definition) is 3. The van der Waals surface area contributed by atoms with Crippen molar-refractivity contribution in [3.8, 4) is 51.8 Å². The minimum Gasteiger partial charge on any atom is -0.310 e. The summed E-state index contributed by atoms with van der Waals surface area (Å²) in [6, 6.07) is 41.7. The summed E-state index contributed by atoms with van der Waals surface area (Å²) in [6.45, 7) is 17.9. The maximum absolute atomic E-state index is 15.1. The van der Waals surface area contributed by atoms with Crippen molar-refractivity contribution in [2.75, 3.05) is 0 Å². The largest absolute Gasteiger partial charge is 0.417 e. The van der Waals surface area contributed by atoms with Gasteiger partial charge in [0, 0.05) is 33.0 Å². The van der Waals surface area contributed by atoms with Gasteiger partial charge in [0.1, 0.15) is 0 Å². The van der Waals surface area contributed by atoms with E-state index in [1.54, 1.807) is 116 Å². The molecule has 2 heterocycles. The average Bonchev–Trinajstić information content (AvgIpc) is 3.76. The first-order valence-electron chi connectivity index (χ1n) is 18.2. The molecular formula is C49H24F3N7. The van der Waals surface area contributed by atoms with Crippen molar-refractivity contribution in [3.63, 3.8) is 0 Å².